The molecule has 1 saturated carbocycles. The Bertz CT molecular complexity index is 1630. The number of fused-ring (bicyclic) bond motifs is 1. The van der Waals surface area contributed by atoms with E-state index >= 15 is 0 Å². The Hall–Kier alpha value is -2.02. The van der Waals surface area contributed by atoms with Crippen LogP contribution in [0.2, 0.25) is 5.15 Å². The number of aromatic nitrogens is 4. The van der Waals surface area contributed by atoms with Gasteiger partial charge >= 0.3 is 0 Å². The van der Waals surface area contributed by atoms with Crippen LogP contribution in [0, 0.1) is 0 Å². The zero-order valence-electron chi connectivity index (χ0n) is 22.0. The van der Waals surface area contributed by atoms with Crippen molar-refractivity contribution in [3.8, 4) is 10.8 Å². The van der Waals surface area contributed by atoms with Crippen molar-refractivity contribution in [3.05, 3.63) is 22.4 Å². The number of piperazine rings is 1. The first kappa shape index (κ1) is 29.5. The maximum absolute atomic E-state index is 13.4. The van der Waals surface area contributed by atoms with Crippen molar-refractivity contribution < 1.29 is 25.6 Å². The molecular weight excluding hydrogens is 610 g/mol. The Labute approximate surface area is 240 Å². The van der Waals surface area contributed by atoms with Crippen LogP contribution in [-0.2, 0) is 20.0 Å². The zero-order chi connectivity index (χ0) is 29.0. The molecule has 2 fully saturated rings. The quantitative estimate of drug-likeness (QED) is 0.355. The van der Waals surface area contributed by atoms with E-state index in [1.165, 1.54) is 21.0 Å². The Morgan fingerprint density at radius 3 is 2.40 bits per heavy atom. The van der Waals surface area contributed by atoms with Crippen molar-refractivity contribution in [2.24, 2.45) is 0 Å². The fourth-order valence-electron chi connectivity index (χ4n) is 4.39. The van der Waals surface area contributed by atoms with Crippen LogP contribution in [0.4, 0.5) is 14.5 Å². The second kappa shape index (κ2) is 10.7. The lowest BCUT2D eigenvalue weighted by molar-refractivity contribution is 0.150. The summed E-state index contributed by atoms with van der Waals surface area (Å²) in [5, 5.41) is 6.93. The molecule has 0 aromatic carbocycles. The average Bonchev–Trinajstić information content (AvgIpc) is 3.27. The summed E-state index contributed by atoms with van der Waals surface area (Å²) in [5.41, 5.74) is 0.240. The molecule has 1 N–H and O–H groups in total. The lowest BCUT2D eigenvalue weighted by atomic mass is 10.2. The summed E-state index contributed by atoms with van der Waals surface area (Å²) >= 11 is 7.19. The number of nitrogens with zero attached hydrogens (tertiary/aromatic N) is 7. The average molecular weight is 639 g/mol. The lowest BCUT2D eigenvalue weighted by Gasteiger charge is -2.36. The van der Waals surface area contributed by atoms with E-state index in [4.69, 9.17) is 11.6 Å². The standard InChI is InChI=1S/C22H29ClF2N8O4S3/c1-22(4-5-22)29-40(36,37)14-12-15(31-6-8-32(9-7-31)39(34,35)11-10-30(2)3)16-17(23)26-19(33(16)13-14)21-28-27-20(38-21)18(24)25/h12-13,18,29H,4-11H2,1-3H3. The largest absolute Gasteiger partial charge is 0.367 e. The summed E-state index contributed by atoms with van der Waals surface area (Å²) < 4.78 is 84.5. The van der Waals surface area contributed by atoms with Crippen LogP contribution in [0.1, 0.15) is 31.2 Å². The van der Waals surface area contributed by atoms with Crippen molar-refractivity contribution >= 4 is 54.2 Å². The van der Waals surface area contributed by atoms with Crippen molar-refractivity contribution in [2.45, 2.75) is 36.6 Å². The van der Waals surface area contributed by atoms with E-state index in [-0.39, 0.29) is 52.8 Å². The smallest absolute Gasteiger partial charge is 0.291 e. The first-order valence-corrected chi connectivity index (χ1v) is 16.7. The number of halogens is 3. The fraction of sp³-hybridized carbons (Fsp3) is 0.591. The minimum atomic E-state index is -3.99. The molecule has 3 aromatic heterocycles. The van der Waals surface area contributed by atoms with Gasteiger partial charge in [0.05, 0.1) is 11.4 Å². The Morgan fingerprint density at radius 1 is 1.15 bits per heavy atom. The van der Waals surface area contributed by atoms with Crippen LogP contribution in [0.3, 0.4) is 0 Å². The van der Waals surface area contributed by atoms with Gasteiger partial charge in [0.1, 0.15) is 10.4 Å². The summed E-state index contributed by atoms with van der Waals surface area (Å²) in [6.45, 7) is 3.14. The zero-order valence-corrected chi connectivity index (χ0v) is 25.2. The number of anilines is 1. The van der Waals surface area contributed by atoms with Gasteiger partial charge < -0.3 is 9.80 Å². The number of alkyl halides is 2. The van der Waals surface area contributed by atoms with Gasteiger partial charge in [0, 0.05) is 44.5 Å². The minimum Gasteiger partial charge on any atom is -0.367 e. The Balaban J connectivity index is 1.55. The third-order valence-electron chi connectivity index (χ3n) is 6.93. The normalized spacial score (nSPS) is 18.4. The number of rotatable bonds is 10. The molecule has 5 rings (SSSR count). The molecule has 2 aliphatic rings. The molecule has 12 nitrogen and oxygen atoms in total. The minimum absolute atomic E-state index is 0.0112. The van der Waals surface area contributed by atoms with Crippen LogP contribution in [0.25, 0.3) is 16.3 Å². The highest BCUT2D eigenvalue weighted by atomic mass is 35.5. The van der Waals surface area contributed by atoms with Crippen LogP contribution < -0.4 is 9.62 Å². The molecule has 4 heterocycles. The van der Waals surface area contributed by atoms with E-state index < -0.39 is 37.0 Å². The van der Waals surface area contributed by atoms with Gasteiger partial charge in [-0.15, -0.1) is 10.2 Å². The number of sulfonamides is 2. The van der Waals surface area contributed by atoms with Crippen molar-refractivity contribution in [3.63, 3.8) is 0 Å². The van der Waals surface area contributed by atoms with Gasteiger partial charge in [0.15, 0.2) is 21.0 Å². The predicted octanol–water partition coefficient (Wildman–Crippen LogP) is 2.29. The van der Waals surface area contributed by atoms with Crippen LogP contribution in [-0.4, -0.2) is 104 Å². The molecule has 3 aromatic rings. The molecule has 40 heavy (non-hydrogen) atoms. The summed E-state index contributed by atoms with van der Waals surface area (Å²) in [4.78, 5) is 7.91. The molecule has 18 heteroatoms. The molecule has 1 aliphatic carbocycles. The molecule has 0 spiro atoms. The van der Waals surface area contributed by atoms with E-state index in [2.05, 4.69) is 19.9 Å². The van der Waals surface area contributed by atoms with Gasteiger partial charge in [-0.3, -0.25) is 4.40 Å². The van der Waals surface area contributed by atoms with E-state index in [0.29, 0.717) is 41.9 Å². The maximum Gasteiger partial charge on any atom is 0.291 e. The maximum atomic E-state index is 13.4. The summed E-state index contributed by atoms with van der Waals surface area (Å²) in [6, 6.07) is 1.49. The molecule has 0 bridgehead atoms. The summed E-state index contributed by atoms with van der Waals surface area (Å²) in [7, 11) is -3.86. The van der Waals surface area contributed by atoms with Gasteiger partial charge in [0.2, 0.25) is 20.0 Å². The van der Waals surface area contributed by atoms with Gasteiger partial charge in [-0.1, -0.05) is 22.9 Å². The summed E-state index contributed by atoms with van der Waals surface area (Å²) in [5.74, 6) is 0.0631. The number of hydrogen-bond donors (Lipinski definition) is 1. The molecule has 0 unspecified atom stereocenters. The molecular formula is C22H29ClF2N8O4S3. The van der Waals surface area contributed by atoms with Crippen molar-refractivity contribution in [1.82, 2.24) is 33.5 Å². The Morgan fingerprint density at radius 2 is 1.82 bits per heavy atom. The summed E-state index contributed by atoms with van der Waals surface area (Å²) in [6.07, 6.45) is -0.0793. The SMILES string of the molecule is CN(C)CCS(=O)(=O)N1CCN(c2cc(S(=O)(=O)NC3(C)CC3)cn3c(-c4nnc(C(F)F)s4)nc(Cl)c23)CC1. The molecule has 1 aliphatic heterocycles. The van der Waals surface area contributed by atoms with Crippen molar-refractivity contribution in [2.75, 3.05) is 57.5 Å². The van der Waals surface area contributed by atoms with Crippen molar-refractivity contribution in [1.29, 1.82) is 0 Å². The van der Waals surface area contributed by atoms with E-state index in [0.717, 1.165) is 0 Å². The second-order valence-corrected chi connectivity index (χ2v) is 15.6. The first-order valence-electron chi connectivity index (χ1n) is 12.4. The molecule has 0 amide bonds. The highest BCUT2D eigenvalue weighted by molar-refractivity contribution is 7.89. The predicted molar refractivity (Wildman–Crippen MR) is 148 cm³/mol. The van der Waals surface area contributed by atoms with Crippen LogP contribution in [0.5, 0.6) is 0 Å². The van der Waals surface area contributed by atoms with E-state index in [1.54, 1.807) is 19.0 Å². The third-order valence-corrected chi connectivity index (χ3v) is 11.6. The number of hydrogen-bond acceptors (Lipinski definition) is 10. The van der Waals surface area contributed by atoms with Gasteiger partial charge in [-0.2, -0.15) is 4.31 Å². The Kier molecular flexibility index (Phi) is 7.86. The lowest BCUT2D eigenvalue weighted by Crippen LogP contribution is -2.50. The number of imidazole rings is 1. The monoisotopic (exact) mass is 638 g/mol. The molecule has 220 valence electrons. The molecule has 0 radical (unpaired) electrons. The molecule has 0 atom stereocenters. The van der Waals surface area contributed by atoms with E-state index in [9.17, 15) is 25.6 Å². The highest BCUT2D eigenvalue weighted by Gasteiger charge is 2.42. The first-order chi connectivity index (χ1) is 18.7. The van der Waals surface area contributed by atoms with E-state index in [1.807, 2.05) is 11.8 Å². The number of pyridine rings is 1. The molecule has 1 saturated heterocycles. The third kappa shape index (κ3) is 5.96. The van der Waals surface area contributed by atoms with Crippen LogP contribution >= 0.6 is 22.9 Å². The van der Waals surface area contributed by atoms with Gasteiger partial charge in [-0.25, -0.2) is 35.3 Å². The fourth-order valence-corrected chi connectivity index (χ4v) is 8.40. The second-order valence-electron chi connectivity index (χ2n) is 10.4. The topological polar surface area (TPSA) is 133 Å². The van der Waals surface area contributed by atoms with Gasteiger partial charge in [0.25, 0.3) is 6.43 Å². The number of nitrogens with one attached hydrogen (secondary N) is 1. The van der Waals surface area contributed by atoms with Gasteiger partial charge in [-0.05, 0) is 39.9 Å². The van der Waals surface area contributed by atoms with Crippen LogP contribution in [0.15, 0.2) is 17.2 Å². The highest BCUT2D eigenvalue weighted by Crippen LogP contribution is 2.39.